The minimum atomic E-state index is 0.763. The second-order valence-corrected chi connectivity index (χ2v) is 8.16. The third-order valence-electron chi connectivity index (χ3n) is 5.99. The van der Waals surface area contributed by atoms with Crippen LogP contribution in [-0.4, -0.2) is 9.97 Å². The Morgan fingerprint density at radius 2 is 1.03 bits per heavy atom. The number of pyridine rings is 2. The molecule has 4 heteroatoms. The van der Waals surface area contributed by atoms with Crippen molar-refractivity contribution in [2.45, 2.75) is 26.9 Å². The zero-order valence-corrected chi connectivity index (χ0v) is 18.4. The lowest BCUT2D eigenvalue weighted by atomic mass is 10.1. The molecule has 2 aromatic heterocycles. The zero-order chi connectivity index (χ0) is 21.9. The van der Waals surface area contributed by atoms with Gasteiger partial charge in [0, 0.05) is 47.6 Å². The van der Waals surface area contributed by atoms with Gasteiger partial charge in [-0.05, 0) is 72.5 Å². The van der Waals surface area contributed by atoms with E-state index < -0.39 is 0 Å². The summed E-state index contributed by atoms with van der Waals surface area (Å²) in [5, 5.41) is 9.64. The third-order valence-corrected chi connectivity index (χ3v) is 5.99. The molecule has 0 atom stereocenters. The van der Waals surface area contributed by atoms with Gasteiger partial charge < -0.3 is 10.6 Å². The Labute approximate surface area is 188 Å². The number of nitrogens with zero attached hydrogens (tertiary/aromatic N) is 2. The summed E-state index contributed by atoms with van der Waals surface area (Å²) in [7, 11) is 0. The lowest BCUT2D eigenvalue weighted by molar-refractivity contribution is 1.13. The third kappa shape index (κ3) is 4.00. The Kier molecular flexibility index (Phi) is 5.42. The molecule has 2 heterocycles. The van der Waals surface area contributed by atoms with Crippen LogP contribution in [0.1, 0.15) is 22.3 Å². The summed E-state index contributed by atoms with van der Waals surface area (Å²) in [6.07, 6.45) is 3.76. The second kappa shape index (κ2) is 8.67. The highest BCUT2D eigenvalue weighted by molar-refractivity contribution is 5.83. The molecule has 5 rings (SSSR count). The maximum absolute atomic E-state index is 4.46. The van der Waals surface area contributed by atoms with Crippen molar-refractivity contribution in [2.75, 3.05) is 10.6 Å². The van der Waals surface area contributed by atoms with Gasteiger partial charge in [-0.15, -0.1) is 0 Å². The largest absolute Gasteiger partial charge is 0.381 e. The van der Waals surface area contributed by atoms with Gasteiger partial charge in [0.15, 0.2) is 0 Å². The van der Waals surface area contributed by atoms with E-state index in [1.807, 2.05) is 24.5 Å². The van der Waals surface area contributed by atoms with E-state index in [2.05, 4.69) is 95.1 Å². The van der Waals surface area contributed by atoms with Crippen molar-refractivity contribution in [1.29, 1.82) is 0 Å². The summed E-state index contributed by atoms with van der Waals surface area (Å²) < 4.78 is 0. The summed E-state index contributed by atoms with van der Waals surface area (Å²) in [5.74, 6) is 0. The number of rotatable bonds is 6. The molecule has 3 aromatic carbocycles. The van der Waals surface area contributed by atoms with Crippen LogP contribution in [0.15, 0.2) is 85.2 Å². The predicted octanol–water partition coefficient (Wildman–Crippen LogP) is 6.62. The first-order chi connectivity index (χ1) is 15.7. The van der Waals surface area contributed by atoms with Crippen LogP contribution in [-0.2, 0) is 13.1 Å². The maximum Gasteiger partial charge on any atom is 0.0705 e. The maximum atomic E-state index is 4.46. The molecule has 0 radical (unpaired) electrons. The highest BCUT2D eigenvalue weighted by Gasteiger charge is 2.08. The lowest BCUT2D eigenvalue weighted by Gasteiger charge is -2.16. The topological polar surface area (TPSA) is 49.8 Å². The number of benzene rings is 3. The lowest BCUT2D eigenvalue weighted by Crippen LogP contribution is -2.06. The number of aryl methyl sites for hydroxylation is 2. The van der Waals surface area contributed by atoms with Gasteiger partial charge in [0.25, 0.3) is 0 Å². The summed E-state index contributed by atoms with van der Waals surface area (Å²) in [6, 6.07) is 25.2. The van der Waals surface area contributed by atoms with E-state index in [0.29, 0.717) is 0 Å². The van der Waals surface area contributed by atoms with Crippen LogP contribution >= 0.6 is 0 Å². The fourth-order valence-electron chi connectivity index (χ4n) is 4.20. The molecule has 0 saturated heterocycles. The van der Waals surface area contributed by atoms with E-state index in [1.165, 1.54) is 33.0 Å². The smallest absolute Gasteiger partial charge is 0.0705 e. The average Bonchev–Trinajstić information content (AvgIpc) is 2.83. The number of aromatic nitrogens is 2. The van der Waals surface area contributed by atoms with Crippen molar-refractivity contribution in [3.8, 4) is 0 Å². The average molecular weight is 419 g/mol. The Morgan fingerprint density at radius 1 is 0.594 bits per heavy atom. The normalized spacial score (nSPS) is 11.1. The summed E-state index contributed by atoms with van der Waals surface area (Å²) in [5.41, 5.74) is 9.31. The van der Waals surface area contributed by atoms with E-state index in [0.717, 1.165) is 35.5 Å². The molecule has 0 aliphatic carbocycles. The number of fused-ring (bicyclic) bond motifs is 2. The van der Waals surface area contributed by atoms with Gasteiger partial charge >= 0.3 is 0 Å². The van der Waals surface area contributed by atoms with Gasteiger partial charge in [-0.25, -0.2) is 0 Å². The molecule has 5 aromatic rings. The first-order valence-corrected chi connectivity index (χ1v) is 10.9. The molecule has 0 fully saturated rings. The van der Waals surface area contributed by atoms with Gasteiger partial charge in [0.2, 0.25) is 0 Å². The molecule has 0 aliphatic rings. The monoisotopic (exact) mass is 418 g/mol. The van der Waals surface area contributed by atoms with E-state index in [1.54, 1.807) is 0 Å². The van der Waals surface area contributed by atoms with Crippen LogP contribution in [0.4, 0.5) is 11.4 Å². The van der Waals surface area contributed by atoms with Crippen LogP contribution in [0.3, 0.4) is 0 Å². The van der Waals surface area contributed by atoms with Gasteiger partial charge in [0.05, 0.1) is 11.0 Å². The minimum Gasteiger partial charge on any atom is -0.381 e. The fourth-order valence-corrected chi connectivity index (χ4v) is 4.20. The van der Waals surface area contributed by atoms with Crippen molar-refractivity contribution >= 4 is 33.2 Å². The van der Waals surface area contributed by atoms with Crippen LogP contribution in [0.25, 0.3) is 21.8 Å². The quantitative estimate of drug-likeness (QED) is 0.325. The minimum absolute atomic E-state index is 0.763. The Hall–Kier alpha value is -3.92. The van der Waals surface area contributed by atoms with E-state index in [9.17, 15) is 0 Å². The molecule has 0 saturated carbocycles. The Balaban J connectivity index is 1.33. The van der Waals surface area contributed by atoms with E-state index in [-0.39, 0.29) is 0 Å². The van der Waals surface area contributed by atoms with Crippen molar-refractivity contribution in [1.82, 2.24) is 9.97 Å². The number of para-hydroxylation sites is 2. The van der Waals surface area contributed by atoms with Crippen molar-refractivity contribution in [3.05, 3.63) is 107 Å². The van der Waals surface area contributed by atoms with Crippen molar-refractivity contribution in [2.24, 2.45) is 0 Å². The van der Waals surface area contributed by atoms with E-state index >= 15 is 0 Å². The molecule has 0 spiro atoms. The number of anilines is 2. The summed E-state index contributed by atoms with van der Waals surface area (Å²) in [6.45, 7) is 5.83. The first kappa shape index (κ1) is 20.0. The molecule has 32 heavy (non-hydrogen) atoms. The highest BCUT2D eigenvalue weighted by atomic mass is 14.9. The predicted molar refractivity (Wildman–Crippen MR) is 134 cm³/mol. The second-order valence-electron chi connectivity index (χ2n) is 8.16. The molecule has 158 valence electrons. The molecule has 0 amide bonds. The van der Waals surface area contributed by atoms with E-state index in [4.69, 9.17) is 0 Å². The molecule has 0 unspecified atom stereocenters. The molecular weight excluding hydrogens is 392 g/mol. The standard InChI is InChI=1S/C28H26N4/c1-19-15-28(32-18-22-12-14-30-26-10-6-4-8-24(22)26)20(2)16-27(19)31-17-21-11-13-29-25-9-5-3-7-23(21)25/h3-16,31-32H,17-18H2,1-2H3. The molecule has 4 nitrogen and oxygen atoms in total. The number of hydrogen-bond donors (Lipinski definition) is 2. The summed E-state index contributed by atoms with van der Waals surface area (Å²) >= 11 is 0. The van der Waals surface area contributed by atoms with Crippen LogP contribution in [0.5, 0.6) is 0 Å². The Bertz CT molecular complexity index is 1290. The fraction of sp³-hybridized carbons (Fsp3) is 0.143. The number of nitrogens with one attached hydrogen (secondary N) is 2. The van der Waals surface area contributed by atoms with Crippen LogP contribution in [0.2, 0.25) is 0 Å². The Morgan fingerprint density at radius 3 is 1.50 bits per heavy atom. The summed E-state index contributed by atoms with van der Waals surface area (Å²) in [4.78, 5) is 8.93. The molecule has 0 aliphatic heterocycles. The zero-order valence-electron chi connectivity index (χ0n) is 18.4. The first-order valence-electron chi connectivity index (χ1n) is 10.9. The van der Waals surface area contributed by atoms with Crippen molar-refractivity contribution in [3.63, 3.8) is 0 Å². The highest BCUT2D eigenvalue weighted by Crippen LogP contribution is 2.27. The molecule has 2 N–H and O–H groups in total. The number of hydrogen-bond acceptors (Lipinski definition) is 4. The van der Waals surface area contributed by atoms with Gasteiger partial charge in [-0.2, -0.15) is 0 Å². The molecular formula is C28H26N4. The van der Waals surface area contributed by atoms with Gasteiger partial charge in [-0.3, -0.25) is 9.97 Å². The van der Waals surface area contributed by atoms with Gasteiger partial charge in [-0.1, -0.05) is 36.4 Å². The van der Waals surface area contributed by atoms with Crippen molar-refractivity contribution < 1.29 is 0 Å². The SMILES string of the molecule is Cc1cc(NCc2ccnc3ccccc23)c(C)cc1NCc1ccnc2ccccc12. The van der Waals surface area contributed by atoms with Crippen LogP contribution < -0.4 is 10.6 Å². The van der Waals surface area contributed by atoms with Gasteiger partial charge in [0.1, 0.15) is 0 Å². The molecule has 0 bridgehead atoms. The van der Waals surface area contributed by atoms with Crippen LogP contribution in [0, 0.1) is 13.8 Å².